The average Bonchev–Trinajstić information content (AvgIpc) is 2.81. The molecule has 160 valence electrons. The summed E-state index contributed by atoms with van der Waals surface area (Å²) < 4.78 is 0. The molecule has 0 bridgehead atoms. The molecule has 2 heteroatoms. The van der Waals surface area contributed by atoms with Crippen LogP contribution < -0.4 is 10.6 Å². The van der Waals surface area contributed by atoms with E-state index in [-0.39, 0.29) is 5.41 Å². The summed E-state index contributed by atoms with van der Waals surface area (Å²) in [6.45, 7) is 6.35. The first-order chi connectivity index (χ1) is 14.8. The lowest BCUT2D eigenvalue weighted by Gasteiger charge is -2.33. The quantitative estimate of drug-likeness (QED) is 0.373. The molecule has 0 fully saturated rings. The van der Waals surface area contributed by atoms with Crippen LogP contribution in [0.25, 0.3) is 0 Å². The molecule has 0 saturated carbocycles. The number of allylic oxidation sites excluding steroid dienone is 3. The highest BCUT2D eigenvalue weighted by Gasteiger charge is 2.29. The molecule has 1 atom stereocenters. The summed E-state index contributed by atoms with van der Waals surface area (Å²) in [6, 6.07) is 19.9. The van der Waals surface area contributed by atoms with Gasteiger partial charge < -0.3 is 10.6 Å². The van der Waals surface area contributed by atoms with Crippen molar-refractivity contribution in [2.45, 2.75) is 64.2 Å². The molecule has 1 aliphatic rings. The van der Waals surface area contributed by atoms with E-state index < -0.39 is 0 Å². The highest BCUT2D eigenvalue weighted by atomic mass is 14.9. The lowest BCUT2D eigenvalue weighted by molar-refractivity contribution is 0.466. The van der Waals surface area contributed by atoms with E-state index in [0.717, 1.165) is 19.5 Å². The van der Waals surface area contributed by atoms with Crippen LogP contribution in [-0.4, -0.2) is 13.1 Å². The van der Waals surface area contributed by atoms with Gasteiger partial charge in [-0.25, -0.2) is 0 Å². The van der Waals surface area contributed by atoms with Crippen LogP contribution in [0.15, 0.2) is 78.5 Å². The molecule has 0 heterocycles. The molecule has 0 spiro atoms. The summed E-state index contributed by atoms with van der Waals surface area (Å²) in [5, 5.41) is 7.11. The van der Waals surface area contributed by atoms with E-state index in [0.29, 0.717) is 0 Å². The zero-order valence-corrected chi connectivity index (χ0v) is 18.8. The number of anilines is 1. The smallest absolute Gasteiger partial charge is 0.0340 e. The van der Waals surface area contributed by atoms with Crippen LogP contribution in [-0.2, 0) is 11.8 Å². The SMILES string of the molecule is CCCCc1ccc(NCCNC2=CCC(CCCC)(c3ccccc3)C=C2)cc1. The van der Waals surface area contributed by atoms with Crippen molar-refractivity contribution >= 4 is 5.69 Å². The molecule has 0 saturated heterocycles. The molecule has 0 amide bonds. The molecule has 0 aliphatic heterocycles. The molecule has 2 N–H and O–H groups in total. The Kier molecular flexibility index (Phi) is 8.62. The Morgan fingerprint density at radius 2 is 1.57 bits per heavy atom. The average molecular weight is 403 g/mol. The van der Waals surface area contributed by atoms with Crippen molar-refractivity contribution in [2.24, 2.45) is 0 Å². The summed E-state index contributed by atoms with van der Waals surface area (Å²) in [6.07, 6.45) is 15.6. The highest BCUT2D eigenvalue weighted by molar-refractivity contribution is 5.44. The molecule has 2 nitrogen and oxygen atoms in total. The molecular formula is C28H38N2. The second-order valence-corrected chi connectivity index (χ2v) is 8.48. The first kappa shape index (κ1) is 22.2. The maximum absolute atomic E-state index is 3.59. The third-order valence-corrected chi connectivity index (χ3v) is 6.15. The highest BCUT2D eigenvalue weighted by Crippen LogP contribution is 2.38. The van der Waals surface area contributed by atoms with Crippen LogP contribution in [0.4, 0.5) is 5.69 Å². The molecule has 1 unspecified atom stereocenters. The van der Waals surface area contributed by atoms with E-state index in [1.54, 1.807) is 0 Å². The summed E-state index contributed by atoms with van der Waals surface area (Å²) >= 11 is 0. The first-order valence-electron chi connectivity index (χ1n) is 11.8. The van der Waals surface area contributed by atoms with E-state index in [4.69, 9.17) is 0 Å². The second kappa shape index (κ2) is 11.6. The van der Waals surface area contributed by atoms with E-state index in [1.165, 1.54) is 61.0 Å². The van der Waals surface area contributed by atoms with E-state index in [9.17, 15) is 0 Å². The van der Waals surface area contributed by atoms with Gasteiger partial charge in [-0.15, -0.1) is 0 Å². The predicted octanol–water partition coefficient (Wildman–Crippen LogP) is 7.00. The van der Waals surface area contributed by atoms with Gasteiger partial charge in [-0.1, -0.05) is 87.7 Å². The second-order valence-electron chi connectivity index (χ2n) is 8.48. The van der Waals surface area contributed by atoms with Crippen molar-refractivity contribution in [3.05, 3.63) is 89.6 Å². The van der Waals surface area contributed by atoms with E-state index in [2.05, 4.69) is 97.3 Å². The van der Waals surface area contributed by atoms with Gasteiger partial charge in [0.1, 0.15) is 0 Å². The molecule has 0 aromatic heterocycles. The Morgan fingerprint density at radius 3 is 2.23 bits per heavy atom. The molecule has 2 aromatic carbocycles. The van der Waals surface area contributed by atoms with Gasteiger partial charge in [-0.2, -0.15) is 0 Å². The number of rotatable bonds is 12. The fourth-order valence-corrected chi connectivity index (χ4v) is 4.20. The van der Waals surface area contributed by atoms with Gasteiger partial charge >= 0.3 is 0 Å². The molecule has 1 aliphatic carbocycles. The summed E-state index contributed by atoms with van der Waals surface area (Å²) in [4.78, 5) is 0. The van der Waals surface area contributed by atoms with Gasteiger partial charge in [0.05, 0.1) is 0 Å². The van der Waals surface area contributed by atoms with Crippen LogP contribution in [0.1, 0.15) is 63.5 Å². The lowest BCUT2D eigenvalue weighted by atomic mass is 9.71. The van der Waals surface area contributed by atoms with Crippen molar-refractivity contribution in [2.75, 3.05) is 18.4 Å². The molecule has 2 aromatic rings. The van der Waals surface area contributed by atoms with Crippen LogP contribution in [0.2, 0.25) is 0 Å². The summed E-state index contributed by atoms with van der Waals surface area (Å²) in [5.41, 5.74) is 5.47. The predicted molar refractivity (Wildman–Crippen MR) is 131 cm³/mol. The number of nitrogens with one attached hydrogen (secondary N) is 2. The Balaban J connectivity index is 1.47. The Hall–Kier alpha value is -2.48. The van der Waals surface area contributed by atoms with Gasteiger partial charge in [0.2, 0.25) is 0 Å². The molecule has 3 rings (SSSR count). The minimum absolute atomic E-state index is 0.153. The molecule has 0 radical (unpaired) electrons. The largest absolute Gasteiger partial charge is 0.384 e. The monoisotopic (exact) mass is 402 g/mol. The van der Waals surface area contributed by atoms with Crippen molar-refractivity contribution in [3.63, 3.8) is 0 Å². The van der Waals surface area contributed by atoms with E-state index in [1.807, 2.05) is 0 Å². The van der Waals surface area contributed by atoms with Gasteiger partial charge in [0.15, 0.2) is 0 Å². The van der Waals surface area contributed by atoms with Gasteiger partial charge in [-0.05, 0) is 55.0 Å². The standard InChI is InChI=1S/C28H38N2/c1-3-5-10-24-13-15-26(16-14-24)29-22-23-30-27-17-20-28(21-18-27,19-6-4-2)25-11-8-7-9-12-25/h7-9,11-18,20,29-30H,3-6,10,19,21-23H2,1-2H3. The van der Waals surface area contributed by atoms with E-state index >= 15 is 0 Å². The zero-order valence-electron chi connectivity index (χ0n) is 18.8. The fourth-order valence-electron chi connectivity index (χ4n) is 4.20. The minimum atomic E-state index is 0.153. The minimum Gasteiger partial charge on any atom is -0.384 e. The van der Waals surface area contributed by atoms with Crippen LogP contribution >= 0.6 is 0 Å². The number of hydrogen-bond acceptors (Lipinski definition) is 2. The number of unbranched alkanes of at least 4 members (excludes halogenated alkanes) is 2. The fraction of sp³-hybridized carbons (Fsp3) is 0.429. The Morgan fingerprint density at radius 1 is 0.833 bits per heavy atom. The number of benzene rings is 2. The van der Waals surface area contributed by atoms with Crippen LogP contribution in [0.3, 0.4) is 0 Å². The maximum Gasteiger partial charge on any atom is 0.0340 e. The van der Waals surface area contributed by atoms with Crippen molar-refractivity contribution in [1.29, 1.82) is 0 Å². The number of aryl methyl sites for hydroxylation is 1. The van der Waals surface area contributed by atoms with Crippen molar-refractivity contribution in [3.8, 4) is 0 Å². The summed E-state index contributed by atoms with van der Waals surface area (Å²) in [7, 11) is 0. The van der Waals surface area contributed by atoms with Gasteiger partial charge in [0, 0.05) is 29.9 Å². The van der Waals surface area contributed by atoms with Gasteiger partial charge in [-0.3, -0.25) is 0 Å². The Labute approximate surface area is 183 Å². The van der Waals surface area contributed by atoms with Crippen molar-refractivity contribution < 1.29 is 0 Å². The maximum atomic E-state index is 3.59. The van der Waals surface area contributed by atoms with Crippen LogP contribution in [0.5, 0.6) is 0 Å². The van der Waals surface area contributed by atoms with Crippen molar-refractivity contribution in [1.82, 2.24) is 5.32 Å². The lowest BCUT2D eigenvalue weighted by Crippen LogP contribution is -2.28. The summed E-state index contributed by atoms with van der Waals surface area (Å²) in [5.74, 6) is 0. The zero-order chi connectivity index (χ0) is 21.1. The number of hydrogen-bond donors (Lipinski definition) is 2. The third-order valence-electron chi connectivity index (χ3n) is 6.15. The molecule has 30 heavy (non-hydrogen) atoms. The van der Waals surface area contributed by atoms with Gasteiger partial charge in [0.25, 0.3) is 0 Å². The molecular weight excluding hydrogens is 364 g/mol. The topological polar surface area (TPSA) is 24.1 Å². The normalized spacial score (nSPS) is 18.1. The van der Waals surface area contributed by atoms with Crippen LogP contribution in [0, 0.1) is 0 Å². The first-order valence-corrected chi connectivity index (χ1v) is 11.8. The third kappa shape index (κ3) is 6.26. The Bertz CT molecular complexity index is 804.